The van der Waals surface area contributed by atoms with Gasteiger partial charge < -0.3 is 44.5 Å². The van der Waals surface area contributed by atoms with E-state index in [1.165, 1.54) is 0 Å². The quantitative estimate of drug-likeness (QED) is 0.112. The highest BCUT2D eigenvalue weighted by molar-refractivity contribution is 5.70. The van der Waals surface area contributed by atoms with Crippen LogP contribution in [-0.4, -0.2) is 212 Å². The van der Waals surface area contributed by atoms with Crippen LogP contribution in [0.5, 0.6) is 0 Å². The van der Waals surface area contributed by atoms with E-state index in [1.54, 1.807) is 71.6 Å². The van der Waals surface area contributed by atoms with Crippen molar-refractivity contribution in [1.82, 2.24) is 72.4 Å². The molecule has 0 atom stereocenters. The number of carbonyl (C=O) groups excluding carboxylic acids is 6. The molecule has 0 aliphatic carbocycles. The molecule has 8 bridgehead atoms. The Hall–Kier alpha value is -4.82. The number of ether oxygens (including phenoxy) is 6. The van der Waals surface area contributed by atoms with Gasteiger partial charge in [0.15, 0.2) is 0 Å². The van der Waals surface area contributed by atoms with Crippen LogP contribution in [0, 0.1) is 0 Å². The molecule has 29 heteroatoms. The average molecular weight is 955 g/mol. The lowest BCUT2D eigenvalue weighted by atomic mass is 9.84. The van der Waals surface area contributed by atoms with Crippen LogP contribution in [0.3, 0.4) is 0 Å². The van der Waals surface area contributed by atoms with Crippen molar-refractivity contribution in [1.29, 1.82) is 0 Å². The van der Waals surface area contributed by atoms with E-state index in [4.69, 9.17) is 33.5 Å². The predicted molar refractivity (Wildman–Crippen MR) is 231 cm³/mol. The van der Waals surface area contributed by atoms with Gasteiger partial charge in [-0.1, -0.05) is 0 Å². The predicted octanol–water partition coefficient (Wildman–Crippen LogP) is -1.31. The smallest absolute Gasteiger partial charge is 0.421 e. The second-order valence-corrected chi connectivity index (χ2v) is 16.6. The Bertz CT molecular complexity index is 1380. The van der Waals surface area contributed by atoms with Crippen molar-refractivity contribution >= 4 is 36.6 Å². The number of nitrogens with zero attached hydrogens (tertiary/aromatic N) is 8. The summed E-state index contributed by atoms with van der Waals surface area (Å²) in [6.07, 6.45) is -3.81. The molecule has 0 aromatic heterocycles. The van der Waals surface area contributed by atoms with Gasteiger partial charge in [-0.25, -0.2) is 61.3 Å². The van der Waals surface area contributed by atoms with Crippen LogP contribution in [0.15, 0.2) is 0 Å². The zero-order chi connectivity index (χ0) is 48.1. The fraction of sp³-hybridized carbons (Fsp3) is 0.838. The van der Waals surface area contributed by atoms with Crippen LogP contribution < -0.4 is 32.6 Å². The summed E-state index contributed by atoms with van der Waals surface area (Å²) in [7, 11) is 1.00. The molecule has 0 aromatic carbocycles. The molecule has 8 saturated heterocycles. The van der Waals surface area contributed by atoms with Crippen LogP contribution in [0.25, 0.3) is 0 Å². The van der Waals surface area contributed by atoms with E-state index in [1.807, 2.05) is 41.5 Å². The monoisotopic (exact) mass is 955 g/mol. The third-order valence-electron chi connectivity index (χ3n) is 11.8. The molecule has 0 aromatic rings. The van der Waals surface area contributed by atoms with E-state index in [2.05, 4.69) is 42.4 Å². The maximum absolute atomic E-state index is 12.4. The van der Waals surface area contributed by atoms with Gasteiger partial charge >= 0.3 is 36.6 Å². The molecular formula is C37H74N14O15. The van der Waals surface area contributed by atoms with Crippen molar-refractivity contribution in [2.24, 2.45) is 0 Å². The molecule has 11 N–H and O–H groups in total. The molecule has 0 unspecified atom stereocenters. The van der Waals surface area contributed by atoms with Crippen molar-refractivity contribution in [2.75, 3.05) is 86.0 Å². The number of hydrazine groups is 6. The Morgan fingerprint density at radius 2 is 0.470 bits per heavy atom. The number of amides is 6. The molecule has 382 valence electrons. The van der Waals surface area contributed by atoms with E-state index >= 15 is 0 Å². The van der Waals surface area contributed by atoms with Crippen molar-refractivity contribution in [3.05, 3.63) is 0 Å². The topological polar surface area (TPSA) is 339 Å². The van der Waals surface area contributed by atoms with Gasteiger partial charge in [0.25, 0.3) is 0 Å². The lowest BCUT2D eigenvalue weighted by molar-refractivity contribution is -0.391. The van der Waals surface area contributed by atoms with Crippen LogP contribution in [0.4, 0.5) is 28.8 Å². The molecule has 8 heterocycles. The number of rotatable bonds is 12. The van der Waals surface area contributed by atoms with Gasteiger partial charge in [-0.15, -0.1) is 0 Å². The number of carbonyl (C=O) groups is 6. The highest BCUT2D eigenvalue weighted by Crippen LogP contribution is 2.51. The number of hydrogen-bond donors (Lipinski definition) is 7. The number of aliphatic hydroxyl groups is 1. The Kier molecular flexibility index (Phi) is 19.4. The summed E-state index contributed by atoms with van der Waals surface area (Å²) in [5.41, 5.74) is 11.6. The SMILES string of the molecule is CCOC(=O)NN1C2(C)CN3CC1(C)N(NC(=O)OCC)C(C)(C3)N2NC(=O)OCC.CCOC(=O)NN1C2(C)CN3CC1(C)N(NC(=O)OCC)C(C)(C3)N2NC(=O)OCC.CO.O.O. The minimum absolute atomic E-state index is 0. The molecule has 0 radical (unpaired) electrons. The van der Waals surface area contributed by atoms with Gasteiger partial charge in [0.1, 0.15) is 34.0 Å². The standard InChI is InChI=1S/2C18H33N7O6.CH4O.2H2O/c2*1-7-29-13(26)19-23-16(4)10-22-11-17(23,5)25(21-15(28)31-9-3)18(6,12-22)24(16)20-14(27)30-8-2;1-2;;/h2*7-12H2,1-6H3,(H,19,26)(H,20,27)(H,21,28);2H,1H3;2*1H2. The number of aliphatic hydroxyl groups excluding tert-OH is 1. The van der Waals surface area contributed by atoms with Crippen LogP contribution in [0.2, 0.25) is 0 Å². The number of piperazine rings is 6. The van der Waals surface area contributed by atoms with E-state index in [0.29, 0.717) is 39.3 Å². The lowest BCUT2D eigenvalue weighted by Gasteiger charge is -2.76. The maximum atomic E-state index is 12.4. The summed E-state index contributed by atoms with van der Waals surface area (Å²) in [4.78, 5) is 78.9. The lowest BCUT2D eigenvalue weighted by Crippen LogP contribution is -3.00. The van der Waals surface area contributed by atoms with Crippen LogP contribution in [-0.2, 0) is 28.4 Å². The van der Waals surface area contributed by atoms with Gasteiger partial charge in [-0.3, -0.25) is 9.80 Å². The van der Waals surface area contributed by atoms with Crippen molar-refractivity contribution < 1.29 is 73.2 Å². The third-order valence-corrected chi connectivity index (χ3v) is 11.8. The minimum atomic E-state index is -0.883. The highest BCUT2D eigenvalue weighted by atomic mass is 16.6. The Morgan fingerprint density at radius 3 is 0.576 bits per heavy atom. The number of hydrogen-bond acceptors (Lipinski definition) is 21. The first kappa shape index (κ1) is 57.3. The largest absolute Gasteiger partial charge is 0.449 e. The normalized spacial score (nSPS) is 32.8. The molecule has 0 saturated carbocycles. The van der Waals surface area contributed by atoms with Gasteiger partial charge in [-0.2, -0.15) is 30.1 Å². The second kappa shape index (κ2) is 22.3. The minimum Gasteiger partial charge on any atom is -0.449 e. The molecule has 8 aliphatic rings. The maximum Gasteiger partial charge on any atom is 0.421 e. The molecule has 66 heavy (non-hydrogen) atoms. The Morgan fingerprint density at radius 1 is 0.348 bits per heavy atom. The van der Waals surface area contributed by atoms with Crippen molar-refractivity contribution in [2.45, 2.75) is 117 Å². The van der Waals surface area contributed by atoms with Crippen LogP contribution in [0.1, 0.15) is 83.1 Å². The molecule has 8 rings (SSSR count). The van der Waals surface area contributed by atoms with Gasteiger partial charge in [0.05, 0.1) is 39.6 Å². The summed E-state index contributed by atoms with van der Waals surface area (Å²) in [5.74, 6) is 0. The molecule has 29 nitrogen and oxygen atoms in total. The third kappa shape index (κ3) is 10.3. The van der Waals surface area contributed by atoms with E-state index in [0.717, 1.165) is 7.11 Å². The van der Waals surface area contributed by atoms with Crippen LogP contribution >= 0.6 is 0 Å². The first-order valence-electron chi connectivity index (χ1n) is 21.4. The molecule has 8 aliphatic heterocycles. The summed E-state index contributed by atoms with van der Waals surface area (Å²) >= 11 is 0. The zero-order valence-corrected chi connectivity index (χ0v) is 40.4. The first-order valence-corrected chi connectivity index (χ1v) is 21.4. The Labute approximate surface area is 384 Å². The second-order valence-electron chi connectivity index (χ2n) is 16.6. The van der Waals surface area contributed by atoms with Gasteiger partial charge in [0.2, 0.25) is 0 Å². The number of nitrogens with one attached hydrogen (secondary N) is 6. The van der Waals surface area contributed by atoms with Crippen molar-refractivity contribution in [3.8, 4) is 0 Å². The molecule has 6 amide bonds. The fourth-order valence-electron chi connectivity index (χ4n) is 10.4. The highest BCUT2D eigenvalue weighted by Gasteiger charge is 2.74. The van der Waals surface area contributed by atoms with Crippen molar-refractivity contribution in [3.63, 3.8) is 0 Å². The van der Waals surface area contributed by atoms with Gasteiger partial charge in [-0.05, 0) is 83.1 Å². The summed E-state index contributed by atoms with van der Waals surface area (Å²) in [5, 5.41) is 17.2. The summed E-state index contributed by atoms with van der Waals surface area (Å²) in [6, 6.07) is 0. The summed E-state index contributed by atoms with van der Waals surface area (Å²) in [6.45, 7) is 26.0. The van der Waals surface area contributed by atoms with E-state index < -0.39 is 70.5 Å². The van der Waals surface area contributed by atoms with E-state index in [9.17, 15) is 28.8 Å². The van der Waals surface area contributed by atoms with Gasteiger partial charge in [0, 0.05) is 46.4 Å². The average Bonchev–Trinajstić information content (AvgIpc) is 3.20. The molecule has 8 fully saturated rings. The van der Waals surface area contributed by atoms with E-state index in [-0.39, 0.29) is 50.6 Å². The molecular weight excluding hydrogens is 880 g/mol. The summed E-state index contributed by atoms with van der Waals surface area (Å²) < 4.78 is 30.6. The first-order chi connectivity index (χ1) is 30.1. The Balaban J connectivity index is 0.000000425. The fourth-order valence-corrected chi connectivity index (χ4v) is 10.4. The zero-order valence-electron chi connectivity index (χ0n) is 40.4. The molecule has 0 spiro atoms.